The summed E-state index contributed by atoms with van der Waals surface area (Å²) in [5.41, 5.74) is 1.74. The van der Waals surface area contributed by atoms with E-state index in [4.69, 9.17) is 21.9 Å². The van der Waals surface area contributed by atoms with Crippen molar-refractivity contribution in [2.45, 2.75) is 52.7 Å². The van der Waals surface area contributed by atoms with E-state index >= 15 is 0 Å². The maximum absolute atomic E-state index is 13.6. The zero-order chi connectivity index (χ0) is 23.0. The quantitative estimate of drug-likeness (QED) is 0.486. The third-order valence-corrected chi connectivity index (χ3v) is 7.05. The van der Waals surface area contributed by atoms with Crippen molar-refractivity contribution in [2.75, 3.05) is 24.5 Å². The van der Waals surface area contributed by atoms with Crippen molar-refractivity contribution in [3.05, 3.63) is 44.7 Å². The Kier molecular flexibility index (Phi) is 6.69. The monoisotopic (exact) mass is 472 g/mol. The van der Waals surface area contributed by atoms with Crippen LogP contribution in [0.3, 0.4) is 0 Å². The first-order chi connectivity index (χ1) is 15.3. The van der Waals surface area contributed by atoms with Gasteiger partial charge in [0.05, 0.1) is 22.7 Å². The summed E-state index contributed by atoms with van der Waals surface area (Å²) < 4.78 is 7.97. The van der Waals surface area contributed by atoms with Gasteiger partial charge in [-0.1, -0.05) is 43.4 Å². The third kappa shape index (κ3) is 4.33. The number of morpholine rings is 1. The number of nitrogens with zero attached hydrogens (tertiary/aromatic N) is 4. The van der Waals surface area contributed by atoms with Crippen molar-refractivity contribution in [3.8, 4) is 0 Å². The first kappa shape index (κ1) is 22.9. The van der Waals surface area contributed by atoms with Crippen LogP contribution in [0.4, 0.5) is 5.82 Å². The lowest BCUT2D eigenvalue weighted by Crippen LogP contribution is -2.46. The number of rotatable bonds is 5. The number of amides is 1. The topological polar surface area (TPSA) is 67.2 Å². The number of fused-ring (bicyclic) bond motifs is 1. The van der Waals surface area contributed by atoms with Crippen LogP contribution in [0, 0.1) is 6.92 Å². The van der Waals surface area contributed by atoms with E-state index in [2.05, 4.69) is 11.8 Å². The highest BCUT2D eigenvalue weighted by Gasteiger charge is 2.33. The lowest BCUT2D eigenvalue weighted by atomic mass is 10.1. The van der Waals surface area contributed by atoms with Crippen LogP contribution in [0.2, 0.25) is 0 Å². The largest absolute Gasteiger partial charge is 0.372 e. The number of thioether (sulfide) groups is 1. The number of thiocarbonyl (C=S) groups is 1. The molecule has 2 aliphatic heterocycles. The van der Waals surface area contributed by atoms with Gasteiger partial charge >= 0.3 is 0 Å². The Morgan fingerprint density at radius 2 is 2.00 bits per heavy atom. The minimum Gasteiger partial charge on any atom is -0.372 e. The molecule has 2 aliphatic rings. The van der Waals surface area contributed by atoms with Gasteiger partial charge in [-0.2, -0.15) is 0 Å². The van der Waals surface area contributed by atoms with Gasteiger partial charge in [0.15, 0.2) is 0 Å². The summed E-state index contributed by atoms with van der Waals surface area (Å²) in [4.78, 5) is 35.7. The van der Waals surface area contributed by atoms with Gasteiger partial charge in [-0.25, -0.2) is 4.98 Å². The fourth-order valence-corrected chi connectivity index (χ4v) is 5.45. The molecule has 2 aromatic rings. The number of aromatic nitrogens is 2. The average Bonchev–Trinajstić information content (AvgIpc) is 3.00. The van der Waals surface area contributed by atoms with Gasteiger partial charge in [0.25, 0.3) is 11.5 Å². The predicted octanol–water partition coefficient (Wildman–Crippen LogP) is 3.62. The number of carbonyl (C=O) groups is 1. The summed E-state index contributed by atoms with van der Waals surface area (Å²) in [5, 5.41) is 0. The van der Waals surface area contributed by atoms with Crippen molar-refractivity contribution in [2.24, 2.45) is 0 Å². The lowest BCUT2D eigenvalue weighted by molar-refractivity contribution is -0.122. The molecule has 2 fully saturated rings. The molecule has 0 radical (unpaired) electrons. The molecule has 0 saturated carbocycles. The molecule has 2 saturated heterocycles. The second-order valence-electron chi connectivity index (χ2n) is 8.39. The minimum atomic E-state index is -0.195. The Balaban J connectivity index is 1.85. The van der Waals surface area contributed by atoms with E-state index in [1.807, 2.05) is 32.9 Å². The Morgan fingerprint density at radius 1 is 1.28 bits per heavy atom. The van der Waals surface area contributed by atoms with Crippen molar-refractivity contribution in [1.82, 2.24) is 14.3 Å². The molecular formula is C23H28N4O3S2. The molecule has 9 heteroatoms. The van der Waals surface area contributed by atoms with Gasteiger partial charge in [0.1, 0.15) is 15.8 Å². The summed E-state index contributed by atoms with van der Waals surface area (Å²) in [6.07, 6.45) is 5.27. The van der Waals surface area contributed by atoms with Gasteiger partial charge in [0, 0.05) is 25.8 Å². The highest BCUT2D eigenvalue weighted by Crippen LogP contribution is 2.34. The molecule has 0 aliphatic carbocycles. The number of hydrogen-bond donors (Lipinski definition) is 0. The minimum absolute atomic E-state index is 0.0102. The summed E-state index contributed by atoms with van der Waals surface area (Å²) in [5.74, 6) is 0.446. The number of pyridine rings is 1. The average molecular weight is 473 g/mol. The molecule has 4 rings (SSSR count). The zero-order valence-corrected chi connectivity index (χ0v) is 20.5. The first-order valence-electron chi connectivity index (χ1n) is 11.0. The van der Waals surface area contributed by atoms with Crippen molar-refractivity contribution in [3.63, 3.8) is 0 Å². The Morgan fingerprint density at radius 3 is 2.69 bits per heavy atom. The highest BCUT2D eigenvalue weighted by molar-refractivity contribution is 8.26. The number of hydrogen-bond acceptors (Lipinski definition) is 7. The molecule has 0 N–H and O–H groups in total. The molecule has 2 unspecified atom stereocenters. The fraction of sp³-hybridized carbons (Fsp3) is 0.478. The number of ether oxygens (including phenoxy) is 1. The van der Waals surface area contributed by atoms with Gasteiger partial charge in [-0.05, 0) is 44.9 Å². The summed E-state index contributed by atoms with van der Waals surface area (Å²) in [6.45, 7) is 9.88. The third-order valence-electron chi connectivity index (χ3n) is 5.67. The van der Waals surface area contributed by atoms with E-state index in [1.165, 1.54) is 11.8 Å². The fourth-order valence-electron chi connectivity index (χ4n) is 4.16. The summed E-state index contributed by atoms with van der Waals surface area (Å²) in [7, 11) is 0. The van der Waals surface area contributed by atoms with Crippen LogP contribution in [-0.4, -0.2) is 56.4 Å². The predicted molar refractivity (Wildman–Crippen MR) is 133 cm³/mol. The molecule has 0 spiro atoms. The SMILES string of the molecule is CCCCN1C(=O)/C(=C/c2c(N3CC(C)OC(C)C3)nc3c(C)cccn3c2=O)SC1=S. The number of aryl methyl sites for hydroxylation is 1. The molecular weight excluding hydrogens is 444 g/mol. The Hall–Kier alpha value is -2.23. The molecule has 1 amide bonds. The van der Waals surface area contributed by atoms with Gasteiger partial charge in [-0.3, -0.25) is 18.9 Å². The second-order valence-corrected chi connectivity index (χ2v) is 10.1. The molecule has 2 atom stereocenters. The maximum Gasteiger partial charge on any atom is 0.267 e. The van der Waals surface area contributed by atoms with Gasteiger partial charge in [0.2, 0.25) is 0 Å². The normalized spacial score (nSPS) is 23.1. The first-order valence-corrected chi connectivity index (χ1v) is 12.2. The second kappa shape index (κ2) is 9.33. The van der Waals surface area contributed by atoms with E-state index in [1.54, 1.807) is 21.6 Å². The number of unbranched alkanes of at least 4 members (excludes halogenated alkanes) is 1. The Bertz CT molecular complexity index is 1150. The number of carbonyl (C=O) groups excluding carboxylic acids is 1. The lowest BCUT2D eigenvalue weighted by Gasteiger charge is -2.36. The molecule has 7 nitrogen and oxygen atoms in total. The van der Waals surface area contributed by atoms with Crippen LogP contribution < -0.4 is 10.5 Å². The standard InChI is InChI=1S/C23H28N4O3S2/c1-5-6-9-27-22(29)18(32-23(27)31)11-17-20(25-12-15(3)30-16(4)13-25)24-19-14(2)8-7-10-26(19)21(17)28/h7-8,10-11,15-16H,5-6,9,12-13H2,1-4H3/b18-11-. The molecule has 0 bridgehead atoms. The number of anilines is 1. The van der Waals surface area contributed by atoms with E-state index in [-0.39, 0.29) is 23.7 Å². The van der Waals surface area contributed by atoms with E-state index in [9.17, 15) is 9.59 Å². The van der Waals surface area contributed by atoms with E-state index < -0.39 is 0 Å². The van der Waals surface area contributed by atoms with E-state index in [0.717, 1.165) is 18.4 Å². The Labute approximate surface area is 197 Å². The van der Waals surface area contributed by atoms with Crippen LogP contribution in [0.1, 0.15) is 44.7 Å². The molecule has 2 aromatic heterocycles. The van der Waals surface area contributed by atoms with Crippen molar-refractivity contribution in [1.29, 1.82) is 0 Å². The van der Waals surface area contributed by atoms with Crippen LogP contribution >= 0.6 is 24.0 Å². The molecule has 170 valence electrons. The van der Waals surface area contributed by atoms with Crippen molar-refractivity contribution < 1.29 is 9.53 Å². The van der Waals surface area contributed by atoms with Gasteiger partial charge in [-0.15, -0.1) is 0 Å². The molecule has 0 aromatic carbocycles. The van der Waals surface area contributed by atoms with E-state index in [0.29, 0.717) is 45.9 Å². The van der Waals surface area contributed by atoms with Crippen molar-refractivity contribution >= 4 is 51.7 Å². The van der Waals surface area contributed by atoms with Gasteiger partial charge < -0.3 is 9.64 Å². The van der Waals surface area contributed by atoms with Crippen LogP contribution in [-0.2, 0) is 9.53 Å². The summed E-state index contributed by atoms with van der Waals surface area (Å²) >= 11 is 6.69. The smallest absolute Gasteiger partial charge is 0.267 e. The molecule has 32 heavy (non-hydrogen) atoms. The zero-order valence-electron chi connectivity index (χ0n) is 18.8. The highest BCUT2D eigenvalue weighted by atomic mass is 32.2. The summed E-state index contributed by atoms with van der Waals surface area (Å²) in [6, 6.07) is 3.77. The molecule has 4 heterocycles. The maximum atomic E-state index is 13.6. The van der Waals surface area contributed by atoms with Crippen LogP contribution in [0.15, 0.2) is 28.0 Å². The van der Waals surface area contributed by atoms with Crippen LogP contribution in [0.5, 0.6) is 0 Å². The van der Waals surface area contributed by atoms with Crippen LogP contribution in [0.25, 0.3) is 11.7 Å².